The SMILES string of the molecule is NCC1CSCC(=O)N1c1ccccc1F. The van der Waals surface area contributed by atoms with E-state index in [0.717, 1.165) is 5.75 Å². The second-order valence-electron chi connectivity index (χ2n) is 3.62. The topological polar surface area (TPSA) is 46.3 Å². The second-order valence-corrected chi connectivity index (χ2v) is 4.65. The Bertz CT molecular complexity index is 399. The maximum Gasteiger partial charge on any atom is 0.237 e. The Balaban J connectivity index is 2.36. The molecule has 1 aromatic rings. The number of carbonyl (C=O) groups excluding carboxylic acids is 1. The number of rotatable bonds is 2. The van der Waals surface area contributed by atoms with Gasteiger partial charge in [0, 0.05) is 12.3 Å². The van der Waals surface area contributed by atoms with Crippen LogP contribution in [-0.2, 0) is 4.79 Å². The molecule has 5 heteroatoms. The van der Waals surface area contributed by atoms with Gasteiger partial charge < -0.3 is 10.6 Å². The number of anilines is 1. The molecule has 0 aliphatic carbocycles. The number of amides is 1. The maximum atomic E-state index is 13.6. The summed E-state index contributed by atoms with van der Waals surface area (Å²) in [5.74, 6) is 0.708. The van der Waals surface area contributed by atoms with E-state index in [0.29, 0.717) is 18.0 Å². The maximum absolute atomic E-state index is 13.6. The smallest absolute Gasteiger partial charge is 0.237 e. The average molecular weight is 240 g/mol. The third-order valence-electron chi connectivity index (χ3n) is 2.55. The van der Waals surface area contributed by atoms with Crippen LogP contribution >= 0.6 is 11.8 Å². The molecule has 0 saturated carbocycles. The van der Waals surface area contributed by atoms with Gasteiger partial charge in [0.25, 0.3) is 0 Å². The summed E-state index contributed by atoms with van der Waals surface area (Å²) in [7, 11) is 0. The van der Waals surface area contributed by atoms with Crippen molar-refractivity contribution in [1.82, 2.24) is 0 Å². The zero-order chi connectivity index (χ0) is 11.5. The minimum absolute atomic E-state index is 0.0724. The highest BCUT2D eigenvalue weighted by molar-refractivity contribution is 8.00. The molecule has 1 aromatic carbocycles. The Morgan fingerprint density at radius 3 is 2.94 bits per heavy atom. The standard InChI is InChI=1S/C11H13FN2OS/c12-9-3-1-2-4-10(9)14-8(5-13)6-16-7-11(14)15/h1-4,8H,5-7,13H2. The summed E-state index contributed by atoms with van der Waals surface area (Å²) in [5.41, 5.74) is 5.95. The lowest BCUT2D eigenvalue weighted by atomic mass is 10.2. The van der Waals surface area contributed by atoms with E-state index in [2.05, 4.69) is 0 Å². The molecule has 1 aliphatic rings. The van der Waals surface area contributed by atoms with Crippen LogP contribution in [-0.4, -0.2) is 30.0 Å². The molecule has 0 aromatic heterocycles. The molecule has 1 atom stereocenters. The van der Waals surface area contributed by atoms with Gasteiger partial charge in [-0.2, -0.15) is 0 Å². The zero-order valence-corrected chi connectivity index (χ0v) is 9.54. The van der Waals surface area contributed by atoms with Crippen molar-refractivity contribution in [3.05, 3.63) is 30.1 Å². The lowest BCUT2D eigenvalue weighted by molar-refractivity contribution is -0.116. The first-order valence-corrected chi connectivity index (χ1v) is 6.24. The molecular weight excluding hydrogens is 227 g/mol. The molecule has 1 amide bonds. The molecule has 1 saturated heterocycles. The van der Waals surface area contributed by atoms with Crippen LogP contribution in [0.5, 0.6) is 0 Å². The van der Waals surface area contributed by atoms with Gasteiger partial charge in [-0.25, -0.2) is 4.39 Å². The number of thioether (sulfide) groups is 1. The molecule has 1 unspecified atom stereocenters. The summed E-state index contributed by atoms with van der Waals surface area (Å²) >= 11 is 1.55. The van der Waals surface area contributed by atoms with Gasteiger partial charge in [0.05, 0.1) is 17.5 Å². The molecule has 1 heterocycles. The molecule has 0 spiro atoms. The highest BCUT2D eigenvalue weighted by Crippen LogP contribution is 2.26. The van der Waals surface area contributed by atoms with Crippen LogP contribution in [0, 0.1) is 5.82 Å². The van der Waals surface area contributed by atoms with Crippen molar-refractivity contribution < 1.29 is 9.18 Å². The first-order valence-electron chi connectivity index (χ1n) is 5.08. The van der Waals surface area contributed by atoms with Gasteiger partial charge in [0.15, 0.2) is 0 Å². The Kier molecular flexibility index (Phi) is 3.46. The van der Waals surface area contributed by atoms with Crippen molar-refractivity contribution in [2.24, 2.45) is 5.73 Å². The average Bonchev–Trinajstić information content (AvgIpc) is 2.30. The van der Waals surface area contributed by atoms with E-state index in [-0.39, 0.29) is 17.8 Å². The predicted octanol–water partition coefficient (Wildman–Crippen LogP) is 1.23. The normalized spacial score (nSPS) is 21.2. The van der Waals surface area contributed by atoms with E-state index >= 15 is 0 Å². The summed E-state index contributed by atoms with van der Waals surface area (Å²) in [6, 6.07) is 6.20. The van der Waals surface area contributed by atoms with Crippen LogP contribution in [0.15, 0.2) is 24.3 Å². The fourth-order valence-electron chi connectivity index (χ4n) is 1.78. The van der Waals surface area contributed by atoms with E-state index in [9.17, 15) is 9.18 Å². The second kappa shape index (κ2) is 4.84. The Labute approximate surface area is 97.8 Å². The molecule has 2 N–H and O–H groups in total. The van der Waals surface area contributed by atoms with Gasteiger partial charge in [-0.05, 0) is 12.1 Å². The molecule has 3 nitrogen and oxygen atoms in total. The first kappa shape index (κ1) is 11.4. The molecule has 16 heavy (non-hydrogen) atoms. The monoisotopic (exact) mass is 240 g/mol. The van der Waals surface area contributed by atoms with Crippen LogP contribution in [0.2, 0.25) is 0 Å². The minimum Gasteiger partial charge on any atom is -0.328 e. The Hall–Kier alpha value is -1.07. The lowest BCUT2D eigenvalue weighted by Gasteiger charge is -2.34. The number of halogens is 1. The molecule has 0 bridgehead atoms. The van der Waals surface area contributed by atoms with Crippen LogP contribution in [0.25, 0.3) is 0 Å². The first-order chi connectivity index (χ1) is 7.74. The predicted molar refractivity (Wildman–Crippen MR) is 64.1 cm³/mol. The molecule has 86 valence electrons. The van der Waals surface area contributed by atoms with Gasteiger partial charge in [0.2, 0.25) is 5.91 Å². The number of nitrogens with two attached hydrogens (primary N) is 1. The van der Waals surface area contributed by atoms with Crippen molar-refractivity contribution >= 4 is 23.4 Å². The lowest BCUT2D eigenvalue weighted by Crippen LogP contribution is -2.50. The highest BCUT2D eigenvalue weighted by Gasteiger charge is 2.30. The van der Waals surface area contributed by atoms with E-state index in [1.54, 1.807) is 30.0 Å². The van der Waals surface area contributed by atoms with Crippen molar-refractivity contribution in [3.8, 4) is 0 Å². The summed E-state index contributed by atoms with van der Waals surface area (Å²) < 4.78 is 13.6. The van der Waals surface area contributed by atoms with Gasteiger partial charge in [-0.3, -0.25) is 4.79 Å². The number of hydrogen-bond donors (Lipinski definition) is 1. The van der Waals surface area contributed by atoms with Crippen molar-refractivity contribution in [1.29, 1.82) is 0 Å². The molecule has 0 radical (unpaired) electrons. The summed E-state index contributed by atoms with van der Waals surface area (Å²) in [6.45, 7) is 0.354. The van der Waals surface area contributed by atoms with Crippen LogP contribution < -0.4 is 10.6 Å². The van der Waals surface area contributed by atoms with E-state index in [1.165, 1.54) is 11.0 Å². The van der Waals surface area contributed by atoms with Gasteiger partial charge >= 0.3 is 0 Å². The molecule has 2 rings (SSSR count). The summed E-state index contributed by atoms with van der Waals surface area (Å²) in [4.78, 5) is 13.3. The Morgan fingerprint density at radius 1 is 1.50 bits per heavy atom. The van der Waals surface area contributed by atoms with Gasteiger partial charge in [-0.15, -0.1) is 11.8 Å². The van der Waals surface area contributed by atoms with Crippen LogP contribution in [0.1, 0.15) is 0 Å². The highest BCUT2D eigenvalue weighted by atomic mass is 32.2. The van der Waals surface area contributed by atoms with E-state index in [4.69, 9.17) is 5.73 Å². The van der Waals surface area contributed by atoms with Crippen molar-refractivity contribution in [3.63, 3.8) is 0 Å². The summed E-state index contributed by atoms with van der Waals surface area (Å²) in [5, 5.41) is 0. The third-order valence-corrected chi connectivity index (χ3v) is 3.63. The molecular formula is C11H13FN2OS. The fourth-order valence-corrected chi connectivity index (χ4v) is 2.77. The third kappa shape index (κ3) is 2.05. The molecule has 1 aliphatic heterocycles. The number of carbonyl (C=O) groups is 1. The fraction of sp³-hybridized carbons (Fsp3) is 0.364. The van der Waals surface area contributed by atoms with Gasteiger partial charge in [0.1, 0.15) is 5.82 Å². The Morgan fingerprint density at radius 2 is 2.25 bits per heavy atom. The largest absolute Gasteiger partial charge is 0.328 e. The number of para-hydroxylation sites is 1. The van der Waals surface area contributed by atoms with Crippen molar-refractivity contribution in [2.75, 3.05) is 23.0 Å². The van der Waals surface area contributed by atoms with Crippen LogP contribution in [0.3, 0.4) is 0 Å². The van der Waals surface area contributed by atoms with Crippen molar-refractivity contribution in [2.45, 2.75) is 6.04 Å². The van der Waals surface area contributed by atoms with Gasteiger partial charge in [-0.1, -0.05) is 12.1 Å². The number of nitrogens with zero attached hydrogens (tertiary/aromatic N) is 1. The number of benzene rings is 1. The molecule has 1 fully saturated rings. The van der Waals surface area contributed by atoms with Crippen LogP contribution in [0.4, 0.5) is 10.1 Å². The quantitative estimate of drug-likeness (QED) is 0.846. The summed E-state index contributed by atoms with van der Waals surface area (Å²) in [6.07, 6.45) is 0. The minimum atomic E-state index is -0.374. The van der Waals surface area contributed by atoms with E-state index < -0.39 is 0 Å². The zero-order valence-electron chi connectivity index (χ0n) is 8.73. The van der Waals surface area contributed by atoms with E-state index in [1.807, 2.05) is 0 Å². The number of hydrogen-bond acceptors (Lipinski definition) is 3.